The molecule has 1 N–H and O–H groups in total. The quantitative estimate of drug-likeness (QED) is 0.616. The van der Waals surface area contributed by atoms with E-state index in [-0.39, 0.29) is 0 Å². The van der Waals surface area contributed by atoms with E-state index in [2.05, 4.69) is 10.2 Å². The van der Waals surface area contributed by atoms with Gasteiger partial charge in [0, 0.05) is 25.7 Å². The lowest BCUT2D eigenvalue weighted by molar-refractivity contribution is 0.0115. The van der Waals surface area contributed by atoms with E-state index >= 15 is 0 Å². The highest BCUT2D eigenvalue weighted by Gasteiger charge is 2.31. The molecule has 2 saturated heterocycles. The van der Waals surface area contributed by atoms with Crippen molar-refractivity contribution in [3.63, 3.8) is 0 Å². The summed E-state index contributed by atoms with van der Waals surface area (Å²) in [5.74, 6) is 0. The third kappa shape index (κ3) is 6.20. The van der Waals surface area contributed by atoms with E-state index in [0.717, 1.165) is 19.2 Å². The van der Waals surface area contributed by atoms with Gasteiger partial charge in [0.1, 0.15) is 0 Å². The van der Waals surface area contributed by atoms with Crippen molar-refractivity contribution in [1.82, 2.24) is 10.2 Å². The SMILES string of the molecule is COCCOCCOCCN1CCCCC1C1CCCN1. The summed E-state index contributed by atoms with van der Waals surface area (Å²) in [5, 5.41) is 3.67. The molecule has 0 spiro atoms. The van der Waals surface area contributed by atoms with Gasteiger partial charge in [0.25, 0.3) is 0 Å². The lowest BCUT2D eigenvalue weighted by atomic mass is 9.94. The van der Waals surface area contributed by atoms with Gasteiger partial charge in [-0.3, -0.25) is 4.90 Å². The number of likely N-dealkylation sites (tertiary alicyclic amines) is 1. The molecule has 2 fully saturated rings. The normalized spacial score (nSPS) is 27.3. The monoisotopic (exact) mass is 300 g/mol. The van der Waals surface area contributed by atoms with Gasteiger partial charge in [0.05, 0.1) is 33.0 Å². The van der Waals surface area contributed by atoms with Crippen LogP contribution in [0.2, 0.25) is 0 Å². The Kier molecular flexibility index (Phi) is 8.59. The molecule has 0 aliphatic carbocycles. The number of rotatable bonds is 10. The molecule has 0 bridgehead atoms. The summed E-state index contributed by atoms with van der Waals surface area (Å²) in [6.07, 6.45) is 6.74. The minimum atomic E-state index is 0.654. The Morgan fingerprint density at radius 2 is 1.76 bits per heavy atom. The average Bonchev–Trinajstić information content (AvgIpc) is 3.04. The summed E-state index contributed by atoms with van der Waals surface area (Å²) in [4.78, 5) is 2.64. The standard InChI is InChI=1S/C16H32N2O3/c1-19-11-12-21-14-13-20-10-9-18-8-3-2-6-16(18)15-5-4-7-17-15/h15-17H,2-14H2,1H3. The van der Waals surface area contributed by atoms with Crippen molar-refractivity contribution in [2.24, 2.45) is 0 Å². The van der Waals surface area contributed by atoms with Crippen LogP contribution in [0.25, 0.3) is 0 Å². The van der Waals surface area contributed by atoms with E-state index in [1.165, 1.54) is 45.2 Å². The Balaban J connectivity index is 1.55. The number of methoxy groups -OCH3 is 1. The molecule has 0 aromatic carbocycles. The number of nitrogens with one attached hydrogen (secondary N) is 1. The first-order valence-electron chi connectivity index (χ1n) is 8.53. The summed E-state index contributed by atoms with van der Waals surface area (Å²) in [5.41, 5.74) is 0. The average molecular weight is 300 g/mol. The van der Waals surface area contributed by atoms with Crippen LogP contribution in [0.5, 0.6) is 0 Å². The molecule has 5 heteroatoms. The molecule has 21 heavy (non-hydrogen) atoms. The molecule has 2 atom stereocenters. The van der Waals surface area contributed by atoms with Crippen LogP contribution >= 0.6 is 0 Å². The highest BCUT2D eigenvalue weighted by molar-refractivity contribution is 4.90. The largest absolute Gasteiger partial charge is 0.382 e. The molecular formula is C16H32N2O3. The molecule has 2 unspecified atom stereocenters. The molecular weight excluding hydrogens is 268 g/mol. The molecule has 0 aromatic heterocycles. The van der Waals surface area contributed by atoms with Crippen molar-refractivity contribution >= 4 is 0 Å². The lowest BCUT2D eigenvalue weighted by Crippen LogP contribution is -2.51. The molecule has 2 aliphatic rings. The molecule has 2 aliphatic heterocycles. The Bertz CT molecular complexity index is 260. The highest BCUT2D eigenvalue weighted by Crippen LogP contribution is 2.23. The second-order valence-corrected chi connectivity index (χ2v) is 6.02. The second-order valence-electron chi connectivity index (χ2n) is 6.02. The van der Waals surface area contributed by atoms with Gasteiger partial charge in [-0.05, 0) is 38.8 Å². The summed E-state index contributed by atoms with van der Waals surface area (Å²) < 4.78 is 16.0. The number of nitrogens with zero attached hydrogens (tertiary/aromatic N) is 1. The summed E-state index contributed by atoms with van der Waals surface area (Å²) in [7, 11) is 1.69. The number of ether oxygens (including phenoxy) is 3. The van der Waals surface area contributed by atoms with Crippen molar-refractivity contribution in [1.29, 1.82) is 0 Å². The van der Waals surface area contributed by atoms with Gasteiger partial charge in [-0.15, -0.1) is 0 Å². The Hall–Kier alpha value is -0.200. The molecule has 2 rings (SSSR count). The van der Waals surface area contributed by atoms with E-state index in [1.807, 2.05) is 0 Å². The fourth-order valence-corrected chi connectivity index (χ4v) is 3.44. The van der Waals surface area contributed by atoms with Gasteiger partial charge < -0.3 is 19.5 Å². The van der Waals surface area contributed by atoms with Crippen LogP contribution in [0.3, 0.4) is 0 Å². The van der Waals surface area contributed by atoms with Crippen molar-refractivity contribution in [3.05, 3.63) is 0 Å². The van der Waals surface area contributed by atoms with Crippen LogP contribution in [-0.2, 0) is 14.2 Å². The maximum atomic E-state index is 5.70. The van der Waals surface area contributed by atoms with Gasteiger partial charge in [0.2, 0.25) is 0 Å². The minimum absolute atomic E-state index is 0.654. The topological polar surface area (TPSA) is 43.0 Å². The van der Waals surface area contributed by atoms with Crippen molar-refractivity contribution < 1.29 is 14.2 Å². The van der Waals surface area contributed by atoms with Gasteiger partial charge >= 0.3 is 0 Å². The predicted octanol–water partition coefficient (Wildman–Crippen LogP) is 1.27. The van der Waals surface area contributed by atoms with Crippen LogP contribution < -0.4 is 5.32 Å². The molecule has 5 nitrogen and oxygen atoms in total. The lowest BCUT2D eigenvalue weighted by Gasteiger charge is -2.39. The van der Waals surface area contributed by atoms with Gasteiger partial charge in [-0.1, -0.05) is 6.42 Å². The smallest absolute Gasteiger partial charge is 0.0701 e. The van der Waals surface area contributed by atoms with E-state index < -0.39 is 0 Å². The first-order valence-corrected chi connectivity index (χ1v) is 8.53. The molecule has 2 heterocycles. The summed E-state index contributed by atoms with van der Waals surface area (Å²) in [6, 6.07) is 1.44. The van der Waals surface area contributed by atoms with Gasteiger partial charge in [-0.25, -0.2) is 0 Å². The molecule has 0 aromatic rings. The molecule has 0 saturated carbocycles. The molecule has 0 amide bonds. The Morgan fingerprint density at radius 3 is 2.52 bits per heavy atom. The molecule has 124 valence electrons. The predicted molar refractivity (Wildman–Crippen MR) is 83.8 cm³/mol. The van der Waals surface area contributed by atoms with E-state index in [4.69, 9.17) is 14.2 Å². The Labute approximate surface area is 129 Å². The van der Waals surface area contributed by atoms with Crippen LogP contribution in [0.15, 0.2) is 0 Å². The second kappa shape index (κ2) is 10.5. The zero-order valence-corrected chi connectivity index (χ0v) is 13.5. The van der Waals surface area contributed by atoms with Gasteiger partial charge in [0.15, 0.2) is 0 Å². The van der Waals surface area contributed by atoms with Crippen LogP contribution in [0.4, 0.5) is 0 Å². The van der Waals surface area contributed by atoms with E-state index in [9.17, 15) is 0 Å². The fraction of sp³-hybridized carbons (Fsp3) is 1.00. The zero-order chi connectivity index (χ0) is 14.8. The zero-order valence-electron chi connectivity index (χ0n) is 13.5. The number of piperidine rings is 1. The van der Waals surface area contributed by atoms with Crippen molar-refractivity contribution in [2.75, 3.05) is 59.8 Å². The third-order valence-corrected chi connectivity index (χ3v) is 4.55. The van der Waals surface area contributed by atoms with E-state index in [1.54, 1.807) is 7.11 Å². The maximum absolute atomic E-state index is 5.70. The van der Waals surface area contributed by atoms with Gasteiger partial charge in [-0.2, -0.15) is 0 Å². The highest BCUT2D eigenvalue weighted by atomic mass is 16.5. The number of hydrogen-bond donors (Lipinski definition) is 1. The molecule has 0 radical (unpaired) electrons. The van der Waals surface area contributed by atoms with E-state index in [0.29, 0.717) is 32.5 Å². The van der Waals surface area contributed by atoms with Crippen molar-refractivity contribution in [2.45, 2.75) is 44.2 Å². The fourth-order valence-electron chi connectivity index (χ4n) is 3.44. The summed E-state index contributed by atoms with van der Waals surface area (Å²) in [6.45, 7) is 6.96. The summed E-state index contributed by atoms with van der Waals surface area (Å²) >= 11 is 0. The Morgan fingerprint density at radius 1 is 0.952 bits per heavy atom. The van der Waals surface area contributed by atoms with Crippen LogP contribution in [0, 0.1) is 0 Å². The minimum Gasteiger partial charge on any atom is -0.382 e. The first-order chi connectivity index (χ1) is 10.4. The number of hydrogen-bond acceptors (Lipinski definition) is 5. The van der Waals surface area contributed by atoms with Crippen molar-refractivity contribution in [3.8, 4) is 0 Å². The van der Waals surface area contributed by atoms with Crippen LogP contribution in [0.1, 0.15) is 32.1 Å². The first kappa shape index (κ1) is 17.2. The maximum Gasteiger partial charge on any atom is 0.0701 e. The third-order valence-electron chi connectivity index (χ3n) is 4.55. The van der Waals surface area contributed by atoms with Crippen LogP contribution in [-0.4, -0.2) is 76.8 Å².